The van der Waals surface area contributed by atoms with Crippen LogP contribution in [0, 0.1) is 6.92 Å². The lowest BCUT2D eigenvalue weighted by molar-refractivity contribution is -0.137. The zero-order chi connectivity index (χ0) is 20.4. The number of hydrogen-bond acceptors (Lipinski definition) is 6. The van der Waals surface area contributed by atoms with Gasteiger partial charge in [0.15, 0.2) is 0 Å². The Morgan fingerprint density at radius 2 is 1.78 bits per heavy atom. The van der Waals surface area contributed by atoms with Crippen molar-refractivity contribution in [1.82, 2.24) is 15.0 Å². The summed E-state index contributed by atoms with van der Waals surface area (Å²) in [6.45, 7) is 2.97. The smallest absolute Gasteiger partial charge is 0.416 e. The fraction of sp³-hybridized carbons (Fsp3) is 0.294. The van der Waals surface area contributed by atoms with Gasteiger partial charge in [-0.25, -0.2) is 15.8 Å². The average Bonchev–Trinajstić information content (AvgIpc) is 2.64. The van der Waals surface area contributed by atoms with Gasteiger partial charge in [-0.3, -0.25) is 9.59 Å². The number of carbonyl (C=O) groups excluding carboxylic acids is 2. The topological polar surface area (TPSA) is 98.4 Å². The van der Waals surface area contributed by atoms with E-state index in [1.807, 2.05) is 0 Å². The molecule has 0 saturated heterocycles. The summed E-state index contributed by atoms with van der Waals surface area (Å²) < 4.78 is 42.8. The second-order valence-electron chi connectivity index (χ2n) is 5.70. The van der Waals surface area contributed by atoms with Gasteiger partial charge in [-0.15, -0.1) is 0 Å². The van der Waals surface area contributed by atoms with Crippen molar-refractivity contribution < 1.29 is 27.5 Å². The maximum atomic E-state index is 12.6. The van der Waals surface area contributed by atoms with E-state index < -0.39 is 29.5 Å². The minimum Gasteiger partial charge on any atom is -0.481 e. The molecule has 2 N–H and O–H groups in total. The molecular weight excluding hydrogens is 365 g/mol. The van der Waals surface area contributed by atoms with Crippen LogP contribution in [0.1, 0.15) is 40.3 Å². The van der Waals surface area contributed by atoms with Crippen molar-refractivity contribution in [2.75, 3.05) is 7.11 Å². The number of aromatic nitrogens is 2. The molecule has 0 aliphatic carbocycles. The van der Waals surface area contributed by atoms with Crippen LogP contribution in [-0.2, 0) is 11.0 Å². The lowest BCUT2D eigenvalue weighted by atomic mass is 9.98. The molecule has 1 atom stereocenters. The van der Waals surface area contributed by atoms with Gasteiger partial charge in [0.1, 0.15) is 11.5 Å². The standard InChI is InChI=1S/C17H17F3N4O3/c1-9(11-4-6-12(7-5-11)17(18,19)20)15(25)24(21)16(26)13-8-14(27-3)23-10(2)22-13/h4-9H,21H2,1-3H3. The first-order valence-corrected chi connectivity index (χ1v) is 7.74. The summed E-state index contributed by atoms with van der Waals surface area (Å²) in [5, 5.41) is 0.379. The van der Waals surface area contributed by atoms with Gasteiger partial charge in [-0.1, -0.05) is 12.1 Å². The van der Waals surface area contributed by atoms with Gasteiger partial charge in [-0.2, -0.15) is 18.2 Å². The minimum atomic E-state index is -4.48. The van der Waals surface area contributed by atoms with Gasteiger partial charge < -0.3 is 4.74 Å². The molecule has 2 aromatic rings. The molecule has 1 aromatic carbocycles. The van der Waals surface area contributed by atoms with Crippen molar-refractivity contribution in [3.8, 4) is 5.88 Å². The maximum Gasteiger partial charge on any atom is 0.416 e. The van der Waals surface area contributed by atoms with E-state index in [1.165, 1.54) is 39.2 Å². The molecule has 0 fully saturated rings. The number of alkyl halides is 3. The maximum absolute atomic E-state index is 12.6. The molecule has 144 valence electrons. The molecule has 0 aliphatic heterocycles. The van der Waals surface area contributed by atoms with E-state index >= 15 is 0 Å². The third kappa shape index (κ3) is 4.59. The molecule has 1 aromatic heterocycles. The summed E-state index contributed by atoms with van der Waals surface area (Å²) in [5.41, 5.74) is -0.697. The molecule has 2 rings (SSSR count). The normalized spacial score (nSPS) is 12.4. The lowest BCUT2D eigenvalue weighted by Crippen LogP contribution is -2.45. The Bertz CT molecular complexity index is 853. The molecule has 7 nitrogen and oxygen atoms in total. The van der Waals surface area contributed by atoms with Crippen LogP contribution in [0.3, 0.4) is 0 Å². The predicted octanol–water partition coefficient (Wildman–Crippen LogP) is 2.46. The number of hydrogen-bond donors (Lipinski definition) is 1. The van der Waals surface area contributed by atoms with Crippen molar-refractivity contribution >= 4 is 11.8 Å². The van der Waals surface area contributed by atoms with Gasteiger partial charge in [0.05, 0.1) is 18.6 Å². The zero-order valence-electron chi connectivity index (χ0n) is 14.7. The number of carbonyl (C=O) groups is 2. The summed E-state index contributed by atoms with van der Waals surface area (Å²) in [6, 6.07) is 5.29. The van der Waals surface area contributed by atoms with Crippen molar-refractivity contribution in [3.63, 3.8) is 0 Å². The quantitative estimate of drug-likeness (QED) is 0.496. The third-order valence-corrected chi connectivity index (χ3v) is 3.81. The van der Waals surface area contributed by atoms with Crippen LogP contribution in [0.15, 0.2) is 30.3 Å². The third-order valence-electron chi connectivity index (χ3n) is 3.81. The number of halogens is 3. The van der Waals surface area contributed by atoms with E-state index in [2.05, 4.69) is 9.97 Å². The number of aryl methyl sites for hydroxylation is 1. The molecule has 1 heterocycles. The first kappa shape index (κ1) is 20.3. The average molecular weight is 382 g/mol. The highest BCUT2D eigenvalue weighted by atomic mass is 19.4. The lowest BCUT2D eigenvalue weighted by Gasteiger charge is -2.19. The van der Waals surface area contributed by atoms with E-state index in [9.17, 15) is 22.8 Å². The summed E-state index contributed by atoms with van der Waals surface area (Å²) >= 11 is 0. The summed E-state index contributed by atoms with van der Waals surface area (Å²) in [6.07, 6.45) is -4.48. The van der Waals surface area contributed by atoms with Gasteiger partial charge in [0.25, 0.3) is 11.8 Å². The molecule has 0 radical (unpaired) electrons. The largest absolute Gasteiger partial charge is 0.481 e. The number of hydrazine groups is 1. The van der Waals surface area contributed by atoms with Gasteiger partial charge >= 0.3 is 6.18 Å². The zero-order valence-corrected chi connectivity index (χ0v) is 14.7. The van der Waals surface area contributed by atoms with Crippen molar-refractivity contribution in [2.45, 2.75) is 25.9 Å². The van der Waals surface area contributed by atoms with Gasteiger partial charge in [0.2, 0.25) is 5.88 Å². The molecule has 2 amide bonds. The number of nitrogens with two attached hydrogens (primary N) is 1. The molecule has 0 bridgehead atoms. The number of benzene rings is 1. The molecular formula is C17H17F3N4O3. The van der Waals surface area contributed by atoms with E-state index in [-0.39, 0.29) is 23.0 Å². The Labute approximate surface area is 152 Å². The number of amides is 2. The van der Waals surface area contributed by atoms with Crippen LogP contribution < -0.4 is 10.6 Å². The van der Waals surface area contributed by atoms with Crippen molar-refractivity contribution in [1.29, 1.82) is 0 Å². The Morgan fingerprint density at radius 3 is 2.30 bits per heavy atom. The highest BCUT2D eigenvalue weighted by molar-refractivity contribution is 6.04. The molecule has 27 heavy (non-hydrogen) atoms. The number of rotatable bonds is 4. The number of nitrogens with zero attached hydrogens (tertiary/aromatic N) is 3. The summed E-state index contributed by atoms with van der Waals surface area (Å²) in [4.78, 5) is 32.7. The molecule has 10 heteroatoms. The van der Waals surface area contributed by atoms with Crippen LogP contribution >= 0.6 is 0 Å². The molecule has 0 aliphatic rings. The first-order valence-electron chi connectivity index (χ1n) is 7.74. The monoisotopic (exact) mass is 382 g/mol. The second kappa shape index (κ2) is 7.70. The Hall–Kier alpha value is -3.01. The number of methoxy groups -OCH3 is 1. The van der Waals surface area contributed by atoms with E-state index in [1.54, 1.807) is 0 Å². The number of imide groups is 1. The first-order chi connectivity index (χ1) is 12.5. The van der Waals surface area contributed by atoms with Gasteiger partial charge in [-0.05, 0) is 31.5 Å². The van der Waals surface area contributed by atoms with Crippen LogP contribution in [-0.4, -0.2) is 33.9 Å². The van der Waals surface area contributed by atoms with E-state index in [0.717, 1.165) is 12.1 Å². The highest BCUT2D eigenvalue weighted by Crippen LogP contribution is 2.30. The Balaban J connectivity index is 2.20. The summed E-state index contributed by atoms with van der Waals surface area (Å²) in [5.74, 6) is 3.38. The van der Waals surface area contributed by atoms with Crippen LogP contribution in [0.2, 0.25) is 0 Å². The predicted molar refractivity (Wildman–Crippen MR) is 88.5 cm³/mol. The number of ether oxygens (including phenoxy) is 1. The van der Waals surface area contributed by atoms with Crippen molar-refractivity contribution in [2.24, 2.45) is 5.84 Å². The fourth-order valence-corrected chi connectivity index (χ4v) is 2.29. The molecule has 0 saturated carbocycles. The minimum absolute atomic E-state index is 0.127. The second-order valence-corrected chi connectivity index (χ2v) is 5.70. The van der Waals surface area contributed by atoms with Gasteiger partial charge in [0, 0.05) is 6.07 Å². The van der Waals surface area contributed by atoms with E-state index in [4.69, 9.17) is 10.6 Å². The van der Waals surface area contributed by atoms with E-state index in [0.29, 0.717) is 5.01 Å². The highest BCUT2D eigenvalue weighted by Gasteiger charge is 2.31. The fourth-order valence-electron chi connectivity index (χ4n) is 2.29. The molecule has 0 spiro atoms. The Morgan fingerprint density at radius 1 is 1.19 bits per heavy atom. The van der Waals surface area contributed by atoms with Crippen LogP contribution in [0.25, 0.3) is 0 Å². The van der Waals surface area contributed by atoms with Crippen LogP contribution in [0.4, 0.5) is 13.2 Å². The SMILES string of the molecule is COc1cc(C(=O)N(N)C(=O)C(C)c2ccc(C(F)(F)F)cc2)nc(C)n1. The molecule has 1 unspecified atom stereocenters. The van der Waals surface area contributed by atoms with Crippen molar-refractivity contribution in [3.05, 3.63) is 53.0 Å². The van der Waals surface area contributed by atoms with Crippen LogP contribution in [0.5, 0.6) is 5.88 Å². The summed E-state index contributed by atoms with van der Waals surface area (Å²) in [7, 11) is 1.36. The Kier molecular flexibility index (Phi) is 5.79.